The lowest BCUT2D eigenvalue weighted by atomic mass is 10.1. The molecule has 16 heavy (non-hydrogen) atoms. The highest BCUT2D eigenvalue weighted by atomic mass is 32.2. The lowest BCUT2D eigenvalue weighted by molar-refractivity contribution is 0.707. The van der Waals surface area contributed by atoms with E-state index in [4.69, 9.17) is 0 Å². The molecule has 0 aliphatic carbocycles. The molecule has 0 aromatic heterocycles. The zero-order valence-corrected chi connectivity index (χ0v) is 11.2. The minimum Gasteiger partial charge on any atom is -0.134 e. The number of hydrogen-bond donors (Lipinski definition) is 0. The molecule has 88 valence electrons. The van der Waals surface area contributed by atoms with E-state index in [-0.39, 0.29) is 0 Å². The highest BCUT2D eigenvalue weighted by Crippen LogP contribution is 2.18. The van der Waals surface area contributed by atoms with Gasteiger partial charge in [0.05, 0.1) is 0 Å². The van der Waals surface area contributed by atoms with Crippen molar-refractivity contribution in [2.75, 3.05) is 5.75 Å². The van der Waals surface area contributed by atoms with Crippen molar-refractivity contribution in [2.24, 2.45) is 0 Å². The van der Waals surface area contributed by atoms with Crippen LogP contribution in [-0.2, 0) is 0 Å². The van der Waals surface area contributed by atoms with Gasteiger partial charge in [-0.3, -0.25) is 0 Å². The lowest BCUT2D eigenvalue weighted by Crippen LogP contribution is -1.80. The molecule has 0 radical (unpaired) electrons. The molecular weight excluding hydrogens is 212 g/mol. The first kappa shape index (κ1) is 13.4. The van der Waals surface area contributed by atoms with Crippen LogP contribution in [0.15, 0.2) is 35.7 Å². The first-order valence-corrected chi connectivity index (χ1v) is 7.23. The van der Waals surface area contributed by atoms with Crippen molar-refractivity contribution in [1.82, 2.24) is 0 Å². The Hall–Kier alpha value is -0.690. The quantitative estimate of drug-likeness (QED) is 0.572. The first-order valence-electron chi connectivity index (χ1n) is 6.18. The van der Waals surface area contributed by atoms with Gasteiger partial charge in [0.15, 0.2) is 0 Å². The van der Waals surface area contributed by atoms with E-state index in [9.17, 15) is 0 Å². The Balaban J connectivity index is 2.24. The summed E-state index contributed by atoms with van der Waals surface area (Å²) in [6, 6.07) is 10.6. The van der Waals surface area contributed by atoms with Gasteiger partial charge in [-0.2, -0.15) is 0 Å². The molecular formula is C15H22S. The van der Waals surface area contributed by atoms with Gasteiger partial charge in [0.25, 0.3) is 0 Å². The summed E-state index contributed by atoms with van der Waals surface area (Å²) in [5.41, 5.74) is 2.71. The van der Waals surface area contributed by atoms with Crippen molar-refractivity contribution in [2.45, 2.75) is 39.5 Å². The van der Waals surface area contributed by atoms with Crippen LogP contribution < -0.4 is 0 Å². The predicted molar refractivity (Wildman–Crippen MR) is 76.7 cm³/mol. The Morgan fingerprint density at radius 3 is 2.56 bits per heavy atom. The van der Waals surface area contributed by atoms with Gasteiger partial charge < -0.3 is 0 Å². The van der Waals surface area contributed by atoms with Crippen molar-refractivity contribution < 1.29 is 0 Å². The van der Waals surface area contributed by atoms with Crippen molar-refractivity contribution in [3.63, 3.8) is 0 Å². The van der Waals surface area contributed by atoms with Crippen LogP contribution in [0.5, 0.6) is 0 Å². The summed E-state index contributed by atoms with van der Waals surface area (Å²) in [7, 11) is 0. The minimum atomic E-state index is 1.25. The Morgan fingerprint density at radius 1 is 1.12 bits per heavy atom. The van der Waals surface area contributed by atoms with Crippen LogP contribution in [0.25, 0.3) is 5.57 Å². The van der Waals surface area contributed by atoms with Crippen LogP contribution in [0.4, 0.5) is 0 Å². The maximum absolute atomic E-state index is 2.29. The van der Waals surface area contributed by atoms with Gasteiger partial charge in [0, 0.05) is 0 Å². The number of allylic oxidation sites excluding steroid dienone is 1. The van der Waals surface area contributed by atoms with Gasteiger partial charge in [-0.1, -0.05) is 56.5 Å². The fraction of sp³-hybridized carbons (Fsp3) is 0.467. The molecule has 1 aromatic rings. The van der Waals surface area contributed by atoms with Crippen molar-refractivity contribution in [3.8, 4) is 0 Å². The molecule has 0 N–H and O–H groups in total. The molecule has 0 saturated heterocycles. The van der Waals surface area contributed by atoms with E-state index in [2.05, 4.69) is 49.6 Å². The van der Waals surface area contributed by atoms with Gasteiger partial charge in [-0.05, 0) is 35.6 Å². The summed E-state index contributed by atoms with van der Waals surface area (Å²) in [6.07, 6.45) is 5.42. The molecule has 0 fully saturated rings. The van der Waals surface area contributed by atoms with Gasteiger partial charge in [0.2, 0.25) is 0 Å². The number of hydrogen-bond acceptors (Lipinski definition) is 1. The Kier molecular flexibility index (Phi) is 7.07. The molecule has 0 aliphatic rings. The molecule has 0 bridgehead atoms. The fourth-order valence-corrected chi connectivity index (χ4v) is 2.44. The molecule has 0 unspecified atom stereocenters. The summed E-state index contributed by atoms with van der Waals surface area (Å²) in [6.45, 7) is 4.45. The van der Waals surface area contributed by atoms with E-state index in [1.54, 1.807) is 0 Å². The molecule has 1 heteroatoms. The second-order valence-corrected chi connectivity index (χ2v) is 5.08. The standard InChI is InChI=1S/C15H22S/c1-3-4-5-9-12-16-13-14(2)15-10-7-6-8-11-15/h6-8,10-11,13H,3-5,9,12H2,1-2H3/b14-13+. The second-order valence-electron chi connectivity index (χ2n) is 4.10. The monoisotopic (exact) mass is 234 g/mol. The van der Waals surface area contributed by atoms with Crippen molar-refractivity contribution >= 4 is 17.3 Å². The third kappa shape index (κ3) is 5.41. The van der Waals surface area contributed by atoms with Gasteiger partial charge in [0.1, 0.15) is 0 Å². The van der Waals surface area contributed by atoms with Crippen molar-refractivity contribution in [1.29, 1.82) is 0 Å². The van der Waals surface area contributed by atoms with Gasteiger partial charge >= 0.3 is 0 Å². The topological polar surface area (TPSA) is 0 Å². The van der Waals surface area contributed by atoms with Crippen LogP contribution in [0.3, 0.4) is 0 Å². The average Bonchev–Trinajstić information content (AvgIpc) is 2.34. The zero-order valence-electron chi connectivity index (χ0n) is 10.4. The third-order valence-corrected chi connectivity index (χ3v) is 3.65. The molecule has 1 aromatic carbocycles. The number of benzene rings is 1. The van der Waals surface area contributed by atoms with Crippen LogP contribution in [-0.4, -0.2) is 5.75 Å². The Labute approximate surface area is 104 Å². The zero-order chi connectivity index (χ0) is 11.6. The fourth-order valence-electron chi connectivity index (χ4n) is 1.57. The number of rotatable bonds is 7. The Bertz CT molecular complexity index is 300. The smallest absolute Gasteiger partial charge is 0.00259 e. The number of unbranched alkanes of at least 4 members (excludes halogenated alkanes) is 3. The van der Waals surface area contributed by atoms with E-state index >= 15 is 0 Å². The SMILES string of the molecule is CCCCCCS/C=C(\C)c1ccccc1. The lowest BCUT2D eigenvalue weighted by Gasteiger charge is -2.01. The van der Waals surface area contributed by atoms with E-state index in [0.717, 1.165) is 0 Å². The van der Waals surface area contributed by atoms with E-state index in [1.807, 2.05) is 11.8 Å². The molecule has 0 amide bonds. The molecule has 0 heterocycles. The van der Waals surface area contributed by atoms with Crippen LogP contribution in [0, 0.1) is 0 Å². The van der Waals surface area contributed by atoms with E-state index < -0.39 is 0 Å². The molecule has 1 rings (SSSR count). The van der Waals surface area contributed by atoms with Gasteiger partial charge in [-0.25, -0.2) is 0 Å². The molecule has 0 aliphatic heterocycles. The normalized spacial score (nSPS) is 11.8. The van der Waals surface area contributed by atoms with Crippen LogP contribution in [0.2, 0.25) is 0 Å². The highest BCUT2D eigenvalue weighted by Gasteiger charge is 1.93. The number of thioether (sulfide) groups is 1. The second kappa shape index (κ2) is 8.46. The summed E-state index contributed by atoms with van der Waals surface area (Å²) < 4.78 is 0. The maximum Gasteiger partial charge on any atom is -0.00259 e. The third-order valence-electron chi connectivity index (χ3n) is 2.60. The maximum atomic E-state index is 2.29. The molecule has 0 atom stereocenters. The van der Waals surface area contributed by atoms with Gasteiger partial charge in [-0.15, -0.1) is 11.8 Å². The van der Waals surface area contributed by atoms with E-state index in [0.29, 0.717) is 0 Å². The predicted octanol–water partition coefficient (Wildman–Crippen LogP) is 5.36. The summed E-state index contributed by atoms with van der Waals surface area (Å²) in [5, 5.41) is 2.29. The van der Waals surface area contributed by atoms with Crippen LogP contribution >= 0.6 is 11.8 Å². The molecule has 0 nitrogen and oxygen atoms in total. The molecule has 0 saturated carbocycles. The largest absolute Gasteiger partial charge is 0.134 e. The van der Waals surface area contributed by atoms with Crippen LogP contribution in [0.1, 0.15) is 45.1 Å². The average molecular weight is 234 g/mol. The van der Waals surface area contributed by atoms with Crippen molar-refractivity contribution in [3.05, 3.63) is 41.3 Å². The van der Waals surface area contributed by atoms with E-state index in [1.165, 1.54) is 42.6 Å². The first-order chi connectivity index (χ1) is 7.84. The highest BCUT2D eigenvalue weighted by molar-refractivity contribution is 8.02. The minimum absolute atomic E-state index is 1.25. The summed E-state index contributed by atoms with van der Waals surface area (Å²) in [5.74, 6) is 1.25. The molecule has 0 spiro atoms. The Morgan fingerprint density at radius 2 is 1.88 bits per heavy atom. The summed E-state index contributed by atoms with van der Waals surface area (Å²) >= 11 is 1.94. The summed E-state index contributed by atoms with van der Waals surface area (Å²) in [4.78, 5) is 0.